The maximum atomic E-state index is 12.6. The molecular weight excluding hydrogens is 356 g/mol. The van der Waals surface area contributed by atoms with Gasteiger partial charge in [0.2, 0.25) is 0 Å². The summed E-state index contributed by atoms with van der Waals surface area (Å²) in [6.07, 6.45) is 5.32. The maximum Gasteiger partial charge on any atom is 0.281 e. The van der Waals surface area contributed by atoms with Gasteiger partial charge < -0.3 is 10.1 Å². The van der Waals surface area contributed by atoms with Gasteiger partial charge in [0.15, 0.2) is 5.11 Å². The molecule has 2 aromatic rings. The zero-order chi connectivity index (χ0) is 17.8. The van der Waals surface area contributed by atoms with Gasteiger partial charge in [-0.3, -0.25) is 9.69 Å². The van der Waals surface area contributed by atoms with E-state index in [1.165, 1.54) is 4.90 Å². The number of carbonyl (C=O) groups excluding carboxylic acids is 1. The summed E-state index contributed by atoms with van der Waals surface area (Å²) in [5, 5.41) is 3.69. The molecule has 0 saturated carbocycles. The number of anilines is 1. The van der Waals surface area contributed by atoms with Crippen LogP contribution in [0.4, 0.5) is 5.69 Å². The first kappa shape index (κ1) is 17.2. The van der Waals surface area contributed by atoms with Gasteiger partial charge in [-0.25, -0.2) is 0 Å². The van der Waals surface area contributed by atoms with Crippen LogP contribution in [0.25, 0.3) is 6.08 Å². The highest BCUT2D eigenvalue weighted by Gasteiger charge is 2.32. The van der Waals surface area contributed by atoms with Crippen molar-refractivity contribution in [3.63, 3.8) is 0 Å². The van der Waals surface area contributed by atoms with Crippen molar-refractivity contribution in [2.24, 2.45) is 0 Å². The summed E-state index contributed by atoms with van der Waals surface area (Å²) in [5.74, 6) is 0.513. The van der Waals surface area contributed by atoms with E-state index in [0.717, 1.165) is 11.3 Å². The molecule has 0 unspecified atom stereocenters. The summed E-state index contributed by atoms with van der Waals surface area (Å²) in [6.45, 7) is 0. The molecule has 1 amide bonds. The monoisotopic (exact) mass is 370 g/mol. The Bertz CT molecular complexity index is 892. The fourth-order valence-corrected chi connectivity index (χ4v) is 2.97. The van der Waals surface area contributed by atoms with E-state index in [9.17, 15) is 4.79 Å². The number of rotatable bonds is 4. The van der Waals surface area contributed by atoms with Crippen molar-refractivity contribution in [3.05, 3.63) is 77.0 Å². The Balaban J connectivity index is 1.84. The Morgan fingerprint density at radius 3 is 2.64 bits per heavy atom. The lowest BCUT2D eigenvalue weighted by molar-refractivity contribution is -0.113. The second-order valence-corrected chi connectivity index (χ2v) is 6.00. The molecular formula is C19H15ClN2O2S. The molecule has 0 atom stereocenters. The Labute approximate surface area is 156 Å². The number of para-hydroxylation sites is 2. The second-order valence-electron chi connectivity index (χ2n) is 5.20. The van der Waals surface area contributed by atoms with Gasteiger partial charge in [0.05, 0.1) is 17.8 Å². The van der Waals surface area contributed by atoms with Crippen LogP contribution in [-0.4, -0.2) is 18.1 Å². The number of hydrogen-bond acceptors (Lipinski definition) is 3. The smallest absolute Gasteiger partial charge is 0.281 e. The summed E-state index contributed by atoms with van der Waals surface area (Å²) in [5.41, 5.74) is 1.86. The average molecular weight is 371 g/mol. The SMILES string of the molecule is COc1ccccc1/C=C/C=C1\NC(=S)N(c2ccccc2Cl)C1=O. The molecule has 1 fully saturated rings. The zero-order valence-electron chi connectivity index (χ0n) is 13.4. The lowest BCUT2D eigenvalue weighted by Gasteiger charge is -2.15. The van der Waals surface area contributed by atoms with E-state index in [1.54, 1.807) is 43.5 Å². The number of allylic oxidation sites excluding steroid dienone is 2. The minimum absolute atomic E-state index is 0.247. The van der Waals surface area contributed by atoms with E-state index in [4.69, 9.17) is 28.6 Å². The molecule has 1 N–H and O–H groups in total. The van der Waals surface area contributed by atoms with Crippen LogP contribution in [-0.2, 0) is 4.79 Å². The first-order valence-corrected chi connectivity index (χ1v) is 8.32. The minimum atomic E-state index is -0.247. The van der Waals surface area contributed by atoms with Crippen molar-refractivity contribution in [2.75, 3.05) is 12.0 Å². The number of ether oxygens (including phenoxy) is 1. The molecule has 0 aromatic heterocycles. The summed E-state index contributed by atoms with van der Waals surface area (Å²) in [6, 6.07) is 14.7. The number of benzene rings is 2. The van der Waals surface area contributed by atoms with Gasteiger partial charge in [-0.1, -0.05) is 54.1 Å². The van der Waals surface area contributed by atoms with Crippen LogP contribution < -0.4 is 15.0 Å². The lowest BCUT2D eigenvalue weighted by atomic mass is 10.2. The molecule has 1 aliphatic heterocycles. The van der Waals surface area contributed by atoms with Crippen molar-refractivity contribution < 1.29 is 9.53 Å². The van der Waals surface area contributed by atoms with Crippen LogP contribution >= 0.6 is 23.8 Å². The zero-order valence-corrected chi connectivity index (χ0v) is 15.0. The fourth-order valence-electron chi connectivity index (χ4n) is 2.45. The van der Waals surface area contributed by atoms with Crippen LogP contribution in [0.2, 0.25) is 5.02 Å². The molecule has 0 radical (unpaired) electrons. The molecule has 0 bridgehead atoms. The molecule has 3 rings (SSSR count). The van der Waals surface area contributed by atoms with E-state index in [2.05, 4.69) is 5.32 Å². The van der Waals surface area contributed by atoms with Gasteiger partial charge >= 0.3 is 0 Å². The molecule has 0 aliphatic carbocycles. The highest BCUT2D eigenvalue weighted by molar-refractivity contribution is 7.80. The van der Waals surface area contributed by atoms with Crippen molar-refractivity contribution in [3.8, 4) is 5.75 Å². The van der Waals surface area contributed by atoms with Crippen molar-refractivity contribution in [1.29, 1.82) is 0 Å². The average Bonchev–Trinajstić information content (AvgIpc) is 2.90. The van der Waals surface area contributed by atoms with Gasteiger partial charge in [0.1, 0.15) is 11.4 Å². The Morgan fingerprint density at radius 2 is 1.88 bits per heavy atom. The van der Waals surface area contributed by atoms with Crippen LogP contribution in [0.3, 0.4) is 0 Å². The molecule has 2 aromatic carbocycles. The normalized spacial score (nSPS) is 15.9. The predicted molar refractivity (Wildman–Crippen MR) is 105 cm³/mol. The molecule has 1 aliphatic rings. The van der Waals surface area contributed by atoms with Crippen molar-refractivity contribution >= 4 is 46.6 Å². The first-order chi connectivity index (χ1) is 12.1. The minimum Gasteiger partial charge on any atom is -0.496 e. The molecule has 4 nitrogen and oxygen atoms in total. The van der Waals surface area contributed by atoms with Gasteiger partial charge in [-0.15, -0.1) is 0 Å². The van der Waals surface area contributed by atoms with E-state index in [1.807, 2.05) is 30.3 Å². The largest absolute Gasteiger partial charge is 0.496 e. The van der Waals surface area contributed by atoms with Crippen LogP contribution in [0.1, 0.15) is 5.56 Å². The van der Waals surface area contributed by atoms with Gasteiger partial charge in [0, 0.05) is 5.56 Å². The van der Waals surface area contributed by atoms with E-state index >= 15 is 0 Å². The summed E-state index contributed by atoms with van der Waals surface area (Å²) < 4.78 is 5.30. The van der Waals surface area contributed by atoms with E-state index in [0.29, 0.717) is 21.5 Å². The number of carbonyl (C=O) groups is 1. The van der Waals surface area contributed by atoms with Gasteiger partial charge in [-0.05, 0) is 36.5 Å². The number of halogens is 1. The Hall–Kier alpha value is -2.63. The third-order valence-electron chi connectivity index (χ3n) is 3.65. The molecule has 6 heteroatoms. The number of methoxy groups -OCH3 is 1. The van der Waals surface area contributed by atoms with Gasteiger partial charge in [-0.2, -0.15) is 0 Å². The lowest BCUT2D eigenvalue weighted by Crippen LogP contribution is -2.30. The molecule has 25 heavy (non-hydrogen) atoms. The number of thiocarbonyl (C=S) groups is 1. The summed E-state index contributed by atoms with van der Waals surface area (Å²) in [4.78, 5) is 14.0. The second kappa shape index (κ2) is 7.51. The van der Waals surface area contributed by atoms with Crippen LogP contribution in [0.5, 0.6) is 5.75 Å². The Morgan fingerprint density at radius 1 is 1.16 bits per heavy atom. The molecule has 126 valence electrons. The topological polar surface area (TPSA) is 41.6 Å². The molecule has 1 saturated heterocycles. The number of nitrogens with zero attached hydrogens (tertiary/aromatic N) is 1. The quantitative estimate of drug-likeness (QED) is 0.648. The maximum absolute atomic E-state index is 12.6. The number of nitrogens with one attached hydrogen (secondary N) is 1. The number of hydrogen-bond donors (Lipinski definition) is 1. The molecule has 0 spiro atoms. The highest BCUT2D eigenvalue weighted by atomic mass is 35.5. The third-order valence-corrected chi connectivity index (χ3v) is 4.25. The predicted octanol–water partition coefficient (Wildman–Crippen LogP) is 4.17. The fraction of sp³-hybridized carbons (Fsp3) is 0.0526. The van der Waals surface area contributed by atoms with Crippen molar-refractivity contribution in [1.82, 2.24) is 5.32 Å². The number of amides is 1. The third kappa shape index (κ3) is 3.57. The first-order valence-electron chi connectivity index (χ1n) is 7.53. The summed E-state index contributed by atoms with van der Waals surface area (Å²) >= 11 is 11.4. The molecule has 1 heterocycles. The van der Waals surface area contributed by atoms with Gasteiger partial charge in [0.25, 0.3) is 5.91 Å². The van der Waals surface area contributed by atoms with Crippen molar-refractivity contribution in [2.45, 2.75) is 0 Å². The standard InChI is InChI=1S/C19H15ClN2O2S/c1-24-17-12-5-2-7-13(17)8-6-10-15-18(23)22(19(25)21-15)16-11-4-3-9-14(16)20/h2-12H,1H3,(H,21,25)/b8-6+,15-10-. The van der Waals surface area contributed by atoms with Crippen LogP contribution in [0, 0.1) is 0 Å². The van der Waals surface area contributed by atoms with E-state index in [-0.39, 0.29) is 5.91 Å². The van der Waals surface area contributed by atoms with Crippen LogP contribution in [0.15, 0.2) is 66.4 Å². The highest BCUT2D eigenvalue weighted by Crippen LogP contribution is 2.29. The Kier molecular flexibility index (Phi) is 5.16. The summed E-state index contributed by atoms with van der Waals surface area (Å²) in [7, 11) is 1.62. The van der Waals surface area contributed by atoms with E-state index < -0.39 is 0 Å².